The summed E-state index contributed by atoms with van der Waals surface area (Å²) in [5.41, 5.74) is 7.51. The first-order valence-electron chi connectivity index (χ1n) is 17.3. The maximum atomic E-state index is 2.51. The van der Waals surface area contributed by atoms with Gasteiger partial charge in [-0.15, -0.1) is 0 Å². The normalized spacial score (nSPS) is 13.1. The van der Waals surface area contributed by atoms with Crippen molar-refractivity contribution in [2.45, 2.75) is 51.5 Å². The zero-order valence-corrected chi connectivity index (χ0v) is 30.7. The van der Waals surface area contributed by atoms with Crippen LogP contribution < -0.4 is 14.4 Å². The van der Waals surface area contributed by atoms with Crippen molar-refractivity contribution >= 4 is 51.2 Å². The molecule has 0 N–H and O–H groups in total. The quantitative estimate of drug-likeness (QED) is 0.0674. The number of aryl methyl sites for hydroxylation is 1. The fourth-order valence-corrected chi connectivity index (χ4v) is 7.77. The van der Waals surface area contributed by atoms with Crippen LogP contribution in [0.25, 0.3) is 18.2 Å². The van der Waals surface area contributed by atoms with Crippen molar-refractivity contribution in [2.24, 2.45) is 0 Å². The van der Waals surface area contributed by atoms with E-state index in [-0.39, 0.29) is 0 Å². The highest BCUT2D eigenvalue weighted by Gasteiger charge is 2.09. The van der Waals surface area contributed by atoms with E-state index < -0.39 is 0 Å². The average molecular weight is 668 g/mol. The lowest BCUT2D eigenvalue weighted by Crippen LogP contribution is -2.36. The van der Waals surface area contributed by atoms with Crippen LogP contribution in [0.1, 0.15) is 61.8 Å². The highest BCUT2D eigenvalue weighted by atomic mass is 33.1. The first-order chi connectivity index (χ1) is 23.0. The number of benzene rings is 2. The smallest absolute Gasteiger partial charge is 0.205 e. The molecular weight excluding hydrogens is 613 g/mol. The van der Waals surface area contributed by atoms with Crippen molar-refractivity contribution in [3.63, 3.8) is 0 Å². The Labute approximate surface area is 293 Å². The topological polar surface area (TPSA) is 13.6 Å². The van der Waals surface area contributed by atoms with Gasteiger partial charge in [-0.05, 0) is 85.4 Å². The number of aromatic nitrogens is 1. The molecule has 47 heavy (non-hydrogen) atoms. The Hall–Kier alpha value is -3.35. The van der Waals surface area contributed by atoms with Crippen molar-refractivity contribution < 1.29 is 4.57 Å². The zero-order valence-electron chi connectivity index (χ0n) is 29.1. The SMILES string of the molecule is CN(C)c1ccc(/C=C/C2=CC=CCN2CCCCCCSSCCCCC[n+]2ccccc2/C=C/c2ccc(N(C)C)cc2)cc1. The van der Waals surface area contributed by atoms with Crippen LogP contribution in [0.3, 0.4) is 0 Å². The van der Waals surface area contributed by atoms with Crippen molar-refractivity contribution in [3.05, 3.63) is 120 Å². The van der Waals surface area contributed by atoms with Gasteiger partial charge in [-0.1, -0.05) is 76.9 Å². The fraction of sp³-hybridized carbons (Fsp3) is 0.390. The third-order valence-electron chi connectivity index (χ3n) is 8.40. The van der Waals surface area contributed by atoms with Crippen molar-refractivity contribution in [1.82, 2.24) is 4.90 Å². The van der Waals surface area contributed by atoms with E-state index in [2.05, 4.69) is 185 Å². The number of hydrogen-bond acceptors (Lipinski definition) is 5. The van der Waals surface area contributed by atoms with Crippen molar-refractivity contribution in [1.29, 1.82) is 0 Å². The molecule has 1 aliphatic rings. The molecule has 6 heteroatoms. The molecule has 1 aromatic heterocycles. The molecule has 4 rings (SSSR count). The van der Waals surface area contributed by atoms with Crippen LogP contribution in [0, 0.1) is 0 Å². The Bertz CT molecular complexity index is 1440. The fourth-order valence-electron chi connectivity index (χ4n) is 5.48. The lowest BCUT2D eigenvalue weighted by Gasteiger charge is -2.26. The van der Waals surface area contributed by atoms with Crippen LogP contribution in [0.2, 0.25) is 0 Å². The molecule has 4 nitrogen and oxygen atoms in total. The van der Waals surface area contributed by atoms with Crippen LogP contribution in [-0.2, 0) is 6.54 Å². The first-order valence-corrected chi connectivity index (χ1v) is 19.7. The second kappa shape index (κ2) is 20.8. The van der Waals surface area contributed by atoms with E-state index in [0.29, 0.717) is 0 Å². The van der Waals surface area contributed by atoms with Gasteiger partial charge in [-0.3, -0.25) is 0 Å². The Kier molecular flexibility index (Phi) is 16.1. The number of nitrogens with zero attached hydrogens (tertiary/aromatic N) is 4. The average Bonchev–Trinajstić information content (AvgIpc) is 3.09. The van der Waals surface area contributed by atoms with E-state index in [4.69, 9.17) is 0 Å². The number of allylic oxidation sites excluding steroid dienone is 3. The molecule has 0 amide bonds. The van der Waals surface area contributed by atoms with E-state index in [1.165, 1.54) is 90.3 Å². The van der Waals surface area contributed by atoms with Gasteiger partial charge < -0.3 is 14.7 Å². The summed E-state index contributed by atoms with van der Waals surface area (Å²) in [6.45, 7) is 3.22. The molecule has 0 fully saturated rings. The summed E-state index contributed by atoms with van der Waals surface area (Å²) in [6, 6.07) is 23.9. The van der Waals surface area contributed by atoms with Crippen LogP contribution >= 0.6 is 21.6 Å². The number of unbranched alkanes of at least 4 members (excludes halogenated alkanes) is 5. The number of rotatable bonds is 20. The van der Waals surface area contributed by atoms with Gasteiger partial charge in [-0.25, -0.2) is 0 Å². The third kappa shape index (κ3) is 13.4. The summed E-state index contributed by atoms with van der Waals surface area (Å²) < 4.78 is 2.38. The molecule has 0 unspecified atom stereocenters. The van der Waals surface area contributed by atoms with Gasteiger partial charge in [0, 0.05) is 94.5 Å². The maximum Gasteiger partial charge on any atom is 0.205 e. The summed E-state index contributed by atoms with van der Waals surface area (Å²) in [6.07, 6.45) is 26.9. The standard InChI is InChI=1S/C41H55N4S2/c1-42(2)38-24-18-36(19-25-38)22-28-40-16-8-12-32-44(40)30-10-5-6-14-34-46-47-35-15-7-11-31-45-33-13-9-17-41(45)29-23-37-20-26-39(27-21-37)43(3)4/h8-9,12-13,16-29,33H,5-7,10-11,14-15,30-32,34-35H2,1-4H3/q+1/b28-22+. The minimum Gasteiger partial charge on any atom is -0.378 e. The molecule has 0 bridgehead atoms. The largest absolute Gasteiger partial charge is 0.378 e. The van der Waals surface area contributed by atoms with Crippen LogP contribution in [0.4, 0.5) is 11.4 Å². The molecule has 2 heterocycles. The minimum absolute atomic E-state index is 1.01. The Balaban J connectivity index is 1.02. The molecule has 2 aromatic carbocycles. The third-order valence-corrected chi connectivity index (χ3v) is 11.0. The van der Waals surface area contributed by atoms with Crippen molar-refractivity contribution in [2.75, 3.05) is 62.6 Å². The summed E-state index contributed by atoms with van der Waals surface area (Å²) in [4.78, 5) is 6.78. The first kappa shape index (κ1) is 36.5. The Morgan fingerprint density at radius 3 is 1.89 bits per heavy atom. The highest BCUT2D eigenvalue weighted by molar-refractivity contribution is 8.76. The lowest BCUT2D eigenvalue weighted by atomic mass is 10.1. The Morgan fingerprint density at radius 2 is 1.26 bits per heavy atom. The van der Waals surface area contributed by atoms with Gasteiger partial charge in [0.05, 0.1) is 0 Å². The number of hydrogen-bond donors (Lipinski definition) is 0. The molecule has 0 radical (unpaired) electrons. The minimum atomic E-state index is 1.01. The summed E-state index contributed by atoms with van der Waals surface area (Å²) in [7, 11) is 12.4. The molecule has 0 saturated carbocycles. The van der Waals surface area contributed by atoms with Gasteiger partial charge in [0.15, 0.2) is 6.20 Å². The predicted molar refractivity (Wildman–Crippen MR) is 212 cm³/mol. The molecular formula is C41H55N4S2+. The van der Waals surface area contributed by atoms with E-state index in [0.717, 1.165) is 19.6 Å². The molecule has 0 saturated heterocycles. The monoisotopic (exact) mass is 667 g/mol. The van der Waals surface area contributed by atoms with E-state index in [9.17, 15) is 0 Å². The summed E-state index contributed by atoms with van der Waals surface area (Å²) >= 11 is 0. The molecule has 0 aliphatic carbocycles. The van der Waals surface area contributed by atoms with Gasteiger partial charge in [0.25, 0.3) is 0 Å². The van der Waals surface area contributed by atoms with Crippen LogP contribution in [-0.4, -0.2) is 57.7 Å². The summed E-state index contributed by atoms with van der Waals surface area (Å²) in [5, 5.41) is 0. The van der Waals surface area contributed by atoms with Gasteiger partial charge in [-0.2, -0.15) is 4.57 Å². The predicted octanol–water partition coefficient (Wildman–Crippen LogP) is 9.86. The number of anilines is 2. The molecule has 250 valence electrons. The van der Waals surface area contributed by atoms with Gasteiger partial charge in [0.2, 0.25) is 5.69 Å². The molecule has 0 spiro atoms. The summed E-state index contributed by atoms with van der Waals surface area (Å²) in [5.74, 6) is 2.52. The van der Waals surface area contributed by atoms with E-state index in [1.54, 1.807) is 0 Å². The lowest BCUT2D eigenvalue weighted by molar-refractivity contribution is -0.699. The highest BCUT2D eigenvalue weighted by Crippen LogP contribution is 2.25. The maximum absolute atomic E-state index is 2.51. The molecule has 0 atom stereocenters. The zero-order chi connectivity index (χ0) is 33.1. The Morgan fingerprint density at radius 1 is 0.660 bits per heavy atom. The molecule has 3 aromatic rings. The van der Waals surface area contributed by atoms with Crippen LogP contribution in [0.5, 0.6) is 0 Å². The number of pyridine rings is 1. The van der Waals surface area contributed by atoms with Gasteiger partial charge >= 0.3 is 0 Å². The van der Waals surface area contributed by atoms with Gasteiger partial charge in [0.1, 0.15) is 6.54 Å². The van der Waals surface area contributed by atoms with Crippen LogP contribution in [0.15, 0.2) is 103 Å². The second-order valence-corrected chi connectivity index (χ2v) is 15.2. The van der Waals surface area contributed by atoms with E-state index in [1.807, 2.05) is 0 Å². The molecule has 1 aliphatic heterocycles. The van der Waals surface area contributed by atoms with Crippen molar-refractivity contribution in [3.8, 4) is 0 Å². The van der Waals surface area contributed by atoms with E-state index >= 15 is 0 Å². The second-order valence-electron chi connectivity index (χ2n) is 12.5.